The normalized spacial score (nSPS) is 17.1. The van der Waals surface area contributed by atoms with E-state index in [4.69, 9.17) is 0 Å². The highest BCUT2D eigenvalue weighted by Gasteiger charge is 2.33. The molecule has 1 N–H and O–H groups in total. The molecule has 0 unspecified atom stereocenters. The third-order valence-electron chi connectivity index (χ3n) is 4.41. The first-order chi connectivity index (χ1) is 11.7. The van der Waals surface area contributed by atoms with Gasteiger partial charge in [-0.2, -0.15) is 5.10 Å². The Morgan fingerprint density at radius 3 is 2.79 bits per heavy atom. The largest absolute Gasteiger partial charge is 0.333 e. The molecular formula is C17H18N6O. The second-order valence-electron chi connectivity index (χ2n) is 5.95. The van der Waals surface area contributed by atoms with Crippen LogP contribution in [0, 0.1) is 0 Å². The number of fused-ring (bicyclic) bond motifs is 1. The van der Waals surface area contributed by atoms with Crippen molar-refractivity contribution in [1.29, 1.82) is 0 Å². The van der Waals surface area contributed by atoms with Gasteiger partial charge < -0.3 is 4.90 Å². The number of H-pyrrole nitrogens is 1. The van der Waals surface area contributed by atoms with Gasteiger partial charge in [0.25, 0.3) is 0 Å². The molecule has 3 heterocycles. The van der Waals surface area contributed by atoms with Crippen LogP contribution in [-0.2, 0) is 17.8 Å². The molecule has 2 aromatic heterocycles. The summed E-state index contributed by atoms with van der Waals surface area (Å²) in [4.78, 5) is 14.6. The molecule has 1 aliphatic rings. The molecule has 0 bridgehead atoms. The maximum absolute atomic E-state index is 12.8. The summed E-state index contributed by atoms with van der Waals surface area (Å²) in [6, 6.07) is 11.7. The fourth-order valence-corrected chi connectivity index (χ4v) is 3.12. The van der Waals surface area contributed by atoms with Crippen LogP contribution in [0.5, 0.6) is 0 Å². The Labute approximate surface area is 139 Å². The molecule has 7 nitrogen and oxygen atoms in total. The van der Waals surface area contributed by atoms with Gasteiger partial charge in [0.1, 0.15) is 11.7 Å². The van der Waals surface area contributed by atoms with Crippen molar-refractivity contribution in [2.24, 2.45) is 0 Å². The Balaban J connectivity index is 1.56. The Morgan fingerprint density at radius 1 is 1.21 bits per heavy atom. The second kappa shape index (κ2) is 5.92. The van der Waals surface area contributed by atoms with Gasteiger partial charge in [-0.05, 0) is 25.0 Å². The lowest BCUT2D eigenvalue weighted by molar-refractivity contribution is -0.136. The number of amides is 1. The summed E-state index contributed by atoms with van der Waals surface area (Å²) >= 11 is 0. The van der Waals surface area contributed by atoms with Crippen molar-refractivity contribution in [2.45, 2.75) is 25.9 Å². The van der Waals surface area contributed by atoms with Crippen molar-refractivity contribution in [3.63, 3.8) is 0 Å². The minimum Gasteiger partial charge on any atom is -0.333 e. The molecule has 0 saturated carbocycles. The molecule has 0 fully saturated rings. The predicted octanol–water partition coefficient (Wildman–Crippen LogP) is 1.81. The highest BCUT2D eigenvalue weighted by molar-refractivity contribution is 5.81. The van der Waals surface area contributed by atoms with Gasteiger partial charge in [-0.25, -0.2) is 0 Å². The van der Waals surface area contributed by atoms with Crippen LogP contribution in [0.3, 0.4) is 0 Å². The van der Waals surface area contributed by atoms with Gasteiger partial charge in [0.2, 0.25) is 5.91 Å². The molecule has 1 atom stereocenters. The van der Waals surface area contributed by atoms with Crippen LogP contribution in [0.1, 0.15) is 24.4 Å². The first-order valence-electron chi connectivity index (χ1n) is 8.00. The van der Waals surface area contributed by atoms with Crippen LogP contribution in [0.25, 0.3) is 11.5 Å². The number of aromatic amines is 1. The fraction of sp³-hybridized carbons (Fsp3) is 0.294. The minimum absolute atomic E-state index is 0.0963. The number of aromatic nitrogens is 5. The summed E-state index contributed by atoms with van der Waals surface area (Å²) in [5.74, 6) is 1.56. The van der Waals surface area contributed by atoms with Crippen LogP contribution in [0.4, 0.5) is 0 Å². The molecule has 1 aliphatic heterocycles. The Kier molecular flexibility index (Phi) is 3.60. The molecule has 0 aliphatic carbocycles. The number of carbonyl (C=O) groups excluding carboxylic acids is 1. The van der Waals surface area contributed by atoms with Gasteiger partial charge >= 0.3 is 0 Å². The number of nitrogens with zero attached hydrogens (tertiary/aromatic N) is 5. The third-order valence-corrected chi connectivity index (χ3v) is 4.41. The van der Waals surface area contributed by atoms with E-state index in [0.29, 0.717) is 18.9 Å². The second-order valence-corrected chi connectivity index (χ2v) is 5.95. The lowest BCUT2D eigenvalue weighted by atomic mass is 10.1. The molecule has 24 heavy (non-hydrogen) atoms. The zero-order valence-electron chi connectivity index (χ0n) is 13.4. The molecule has 1 amide bonds. The summed E-state index contributed by atoms with van der Waals surface area (Å²) < 4.78 is 1.90. The van der Waals surface area contributed by atoms with E-state index in [0.717, 1.165) is 17.9 Å². The molecule has 122 valence electrons. The van der Waals surface area contributed by atoms with E-state index in [9.17, 15) is 4.79 Å². The fourth-order valence-electron chi connectivity index (χ4n) is 3.12. The van der Waals surface area contributed by atoms with Gasteiger partial charge in [-0.1, -0.05) is 30.3 Å². The molecule has 7 heteroatoms. The monoisotopic (exact) mass is 322 g/mol. The average molecular weight is 322 g/mol. The lowest BCUT2D eigenvalue weighted by Crippen LogP contribution is -2.42. The summed E-state index contributed by atoms with van der Waals surface area (Å²) in [6.45, 7) is 3.06. The molecule has 4 rings (SSSR count). The summed E-state index contributed by atoms with van der Waals surface area (Å²) in [6.07, 6.45) is 2.50. The van der Waals surface area contributed by atoms with Crippen molar-refractivity contribution in [1.82, 2.24) is 29.9 Å². The molecule has 0 radical (unpaired) electrons. The summed E-state index contributed by atoms with van der Waals surface area (Å²) in [5, 5.41) is 15.3. The Morgan fingerprint density at radius 2 is 2.04 bits per heavy atom. The molecule has 1 aromatic carbocycles. The topological polar surface area (TPSA) is 79.7 Å². The van der Waals surface area contributed by atoms with Crippen molar-refractivity contribution in [3.8, 4) is 11.5 Å². The third kappa shape index (κ3) is 2.47. The quantitative estimate of drug-likeness (QED) is 0.794. The highest BCUT2D eigenvalue weighted by atomic mass is 16.2. The number of rotatable bonds is 4. The Bertz CT molecular complexity index is 839. The van der Waals surface area contributed by atoms with Crippen LogP contribution >= 0.6 is 0 Å². The first-order valence-corrected chi connectivity index (χ1v) is 8.00. The molecular weight excluding hydrogens is 304 g/mol. The number of benzene rings is 1. The van der Waals surface area contributed by atoms with E-state index in [1.807, 2.05) is 40.7 Å². The van der Waals surface area contributed by atoms with E-state index in [-0.39, 0.29) is 11.9 Å². The first kappa shape index (κ1) is 14.6. The van der Waals surface area contributed by atoms with Crippen LogP contribution < -0.4 is 0 Å². The smallest absolute Gasteiger partial charge is 0.245 e. The zero-order chi connectivity index (χ0) is 16.5. The van der Waals surface area contributed by atoms with E-state index in [2.05, 4.69) is 32.5 Å². The van der Waals surface area contributed by atoms with Crippen molar-refractivity contribution in [3.05, 3.63) is 54.0 Å². The van der Waals surface area contributed by atoms with Crippen LogP contribution in [0.2, 0.25) is 0 Å². The number of carbonyl (C=O) groups is 1. The van der Waals surface area contributed by atoms with E-state index in [1.165, 1.54) is 5.56 Å². The van der Waals surface area contributed by atoms with E-state index < -0.39 is 0 Å². The van der Waals surface area contributed by atoms with E-state index >= 15 is 0 Å². The zero-order valence-corrected chi connectivity index (χ0v) is 13.4. The maximum Gasteiger partial charge on any atom is 0.245 e. The predicted molar refractivity (Wildman–Crippen MR) is 87.9 cm³/mol. The van der Waals surface area contributed by atoms with Gasteiger partial charge in [-0.15, -0.1) is 10.2 Å². The van der Waals surface area contributed by atoms with Gasteiger partial charge in [0.05, 0.1) is 6.54 Å². The number of hydrogen-bond acceptors (Lipinski definition) is 4. The summed E-state index contributed by atoms with van der Waals surface area (Å²) in [7, 11) is 0. The van der Waals surface area contributed by atoms with Crippen LogP contribution in [-0.4, -0.2) is 42.3 Å². The Hall–Kier alpha value is -2.96. The van der Waals surface area contributed by atoms with Crippen molar-refractivity contribution in [2.75, 3.05) is 6.54 Å². The minimum atomic E-state index is -0.321. The van der Waals surface area contributed by atoms with Crippen molar-refractivity contribution < 1.29 is 4.79 Å². The van der Waals surface area contributed by atoms with E-state index in [1.54, 1.807) is 6.20 Å². The van der Waals surface area contributed by atoms with Gasteiger partial charge in [0.15, 0.2) is 11.6 Å². The highest BCUT2D eigenvalue weighted by Crippen LogP contribution is 2.27. The van der Waals surface area contributed by atoms with Crippen molar-refractivity contribution >= 4 is 5.91 Å². The molecule has 3 aromatic rings. The van der Waals surface area contributed by atoms with Crippen LogP contribution in [0.15, 0.2) is 42.6 Å². The molecule has 0 saturated heterocycles. The summed E-state index contributed by atoms with van der Waals surface area (Å²) in [5.41, 5.74) is 1.99. The maximum atomic E-state index is 12.8. The molecule has 0 spiro atoms. The van der Waals surface area contributed by atoms with Gasteiger partial charge in [0, 0.05) is 12.7 Å². The average Bonchev–Trinajstić information content (AvgIpc) is 3.27. The lowest BCUT2D eigenvalue weighted by Gasteiger charge is -2.32. The number of hydrogen-bond donors (Lipinski definition) is 1. The van der Waals surface area contributed by atoms with Gasteiger partial charge in [-0.3, -0.25) is 14.5 Å². The standard InChI is InChI=1S/C17H18N6O/c1-12-17(24)22(10-8-13-5-3-2-4-6-13)11-15-20-21-16(23(12)15)14-7-9-18-19-14/h2-7,9,12H,8,10-11H2,1H3,(H,18,19)/t12-/m0/s1. The number of nitrogens with one attached hydrogen (secondary N) is 1. The SMILES string of the molecule is C[C@H]1C(=O)N(CCc2ccccc2)Cc2nnc(-c3ccn[nH]3)n21.